The van der Waals surface area contributed by atoms with Crippen LogP contribution in [0.1, 0.15) is 23.4 Å². The molecule has 0 saturated carbocycles. The molecule has 0 radical (unpaired) electrons. The van der Waals surface area contributed by atoms with Crippen molar-refractivity contribution in [3.63, 3.8) is 0 Å². The minimum Gasteiger partial charge on any atom is -0.420 e. The van der Waals surface area contributed by atoms with Crippen molar-refractivity contribution in [1.29, 1.82) is 0 Å². The normalized spacial score (nSPS) is 14.5. The highest BCUT2D eigenvalue weighted by atomic mass is 32.1. The number of aromatic nitrogens is 2. The number of thiophene rings is 1. The molecule has 1 saturated heterocycles. The molecule has 146 valence electrons. The van der Waals surface area contributed by atoms with Crippen LogP contribution >= 0.6 is 11.3 Å². The lowest BCUT2D eigenvalue weighted by molar-refractivity contribution is -0.131. The Morgan fingerprint density at radius 3 is 2.68 bits per heavy atom. The fourth-order valence-corrected chi connectivity index (χ4v) is 4.15. The Morgan fingerprint density at radius 2 is 1.93 bits per heavy atom. The number of rotatable bonds is 5. The Kier molecular flexibility index (Phi) is 5.43. The van der Waals surface area contributed by atoms with Crippen LogP contribution < -0.4 is 4.90 Å². The van der Waals surface area contributed by atoms with E-state index in [-0.39, 0.29) is 5.91 Å². The Balaban J connectivity index is 1.29. The van der Waals surface area contributed by atoms with Gasteiger partial charge < -0.3 is 14.2 Å². The van der Waals surface area contributed by atoms with Crippen molar-refractivity contribution in [3.05, 3.63) is 52.7 Å². The fraction of sp³-hybridized carbons (Fsp3) is 0.381. The lowest BCUT2D eigenvalue weighted by atomic mass is 10.1. The van der Waals surface area contributed by atoms with Crippen molar-refractivity contribution in [2.75, 3.05) is 31.1 Å². The maximum atomic E-state index is 12.6. The largest absolute Gasteiger partial charge is 0.420 e. The number of benzene rings is 1. The zero-order valence-corrected chi connectivity index (χ0v) is 17.0. The Hall–Kier alpha value is -2.67. The van der Waals surface area contributed by atoms with E-state index in [1.165, 1.54) is 16.8 Å². The van der Waals surface area contributed by atoms with Crippen molar-refractivity contribution in [1.82, 2.24) is 15.1 Å². The molecule has 0 bridgehead atoms. The molecule has 6 nitrogen and oxygen atoms in total. The van der Waals surface area contributed by atoms with E-state index < -0.39 is 0 Å². The van der Waals surface area contributed by atoms with E-state index in [0.29, 0.717) is 24.6 Å². The first kappa shape index (κ1) is 18.7. The average molecular weight is 397 g/mol. The van der Waals surface area contributed by atoms with E-state index in [1.54, 1.807) is 11.3 Å². The highest BCUT2D eigenvalue weighted by molar-refractivity contribution is 7.13. The molecule has 1 amide bonds. The van der Waals surface area contributed by atoms with Gasteiger partial charge in [-0.15, -0.1) is 21.5 Å². The monoisotopic (exact) mass is 396 g/mol. The highest BCUT2D eigenvalue weighted by Crippen LogP contribution is 2.25. The Labute approximate surface area is 168 Å². The van der Waals surface area contributed by atoms with Crippen LogP contribution in [-0.4, -0.2) is 47.2 Å². The van der Waals surface area contributed by atoms with Crippen molar-refractivity contribution < 1.29 is 9.21 Å². The van der Waals surface area contributed by atoms with Gasteiger partial charge >= 0.3 is 0 Å². The summed E-state index contributed by atoms with van der Waals surface area (Å²) in [7, 11) is 0. The average Bonchev–Trinajstić information content (AvgIpc) is 3.40. The van der Waals surface area contributed by atoms with Gasteiger partial charge in [-0.25, -0.2) is 0 Å². The third-order valence-electron chi connectivity index (χ3n) is 5.30. The van der Waals surface area contributed by atoms with E-state index in [9.17, 15) is 4.79 Å². The molecule has 0 unspecified atom stereocenters. The second kappa shape index (κ2) is 8.14. The quantitative estimate of drug-likeness (QED) is 0.658. The number of hydrogen-bond acceptors (Lipinski definition) is 6. The molecule has 1 aromatic carbocycles. The number of nitrogens with zero attached hydrogens (tertiary/aromatic N) is 4. The third-order valence-corrected chi connectivity index (χ3v) is 6.16. The van der Waals surface area contributed by atoms with E-state index in [4.69, 9.17) is 4.42 Å². The topological polar surface area (TPSA) is 62.5 Å². The van der Waals surface area contributed by atoms with Gasteiger partial charge in [0.25, 0.3) is 5.89 Å². The fourth-order valence-electron chi connectivity index (χ4n) is 3.50. The summed E-state index contributed by atoms with van der Waals surface area (Å²) in [5.74, 6) is 1.20. The molecule has 2 aromatic heterocycles. The van der Waals surface area contributed by atoms with Gasteiger partial charge in [0, 0.05) is 44.7 Å². The summed E-state index contributed by atoms with van der Waals surface area (Å²) in [4.78, 5) is 17.9. The smallest absolute Gasteiger partial charge is 0.257 e. The predicted molar refractivity (Wildman–Crippen MR) is 111 cm³/mol. The number of anilines is 1. The molecule has 1 fully saturated rings. The van der Waals surface area contributed by atoms with Crippen LogP contribution in [0.3, 0.4) is 0 Å². The molecule has 3 aromatic rings. The molecule has 4 rings (SSSR count). The second-order valence-electron chi connectivity index (χ2n) is 7.07. The number of piperazine rings is 1. The summed E-state index contributed by atoms with van der Waals surface area (Å²) in [5, 5.41) is 10.1. The van der Waals surface area contributed by atoms with Gasteiger partial charge in [0.1, 0.15) is 0 Å². The summed E-state index contributed by atoms with van der Waals surface area (Å²) >= 11 is 1.56. The van der Waals surface area contributed by atoms with Crippen LogP contribution in [-0.2, 0) is 11.2 Å². The zero-order valence-electron chi connectivity index (χ0n) is 16.2. The van der Waals surface area contributed by atoms with E-state index >= 15 is 0 Å². The molecule has 1 aliphatic heterocycles. The predicted octanol–water partition coefficient (Wildman–Crippen LogP) is 3.70. The molecule has 0 spiro atoms. The first-order valence-electron chi connectivity index (χ1n) is 9.57. The van der Waals surface area contributed by atoms with E-state index in [1.807, 2.05) is 22.4 Å². The van der Waals surface area contributed by atoms with Gasteiger partial charge in [-0.2, -0.15) is 0 Å². The minimum atomic E-state index is 0.150. The number of carbonyl (C=O) groups excluding carboxylic acids is 1. The third kappa shape index (κ3) is 3.94. The molecule has 7 heteroatoms. The zero-order chi connectivity index (χ0) is 19.5. The number of amides is 1. The second-order valence-corrected chi connectivity index (χ2v) is 8.01. The highest BCUT2D eigenvalue weighted by Gasteiger charge is 2.22. The van der Waals surface area contributed by atoms with Crippen LogP contribution in [0.2, 0.25) is 0 Å². The molecule has 0 atom stereocenters. The lowest BCUT2D eigenvalue weighted by Gasteiger charge is -2.37. The van der Waals surface area contributed by atoms with Crippen LogP contribution in [0.15, 0.2) is 40.1 Å². The van der Waals surface area contributed by atoms with Crippen molar-refractivity contribution >= 4 is 22.9 Å². The summed E-state index contributed by atoms with van der Waals surface area (Å²) in [5.41, 5.74) is 3.90. The van der Waals surface area contributed by atoms with Gasteiger partial charge in [0.2, 0.25) is 11.8 Å². The first-order valence-corrected chi connectivity index (χ1v) is 10.4. The van der Waals surface area contributed by atoms with Gasteiger partial charge in [-0.3, -0.25) is 4.79 Å². The summed E-state index contributed by atoms with van der Waals surface area (Å²) in [6.07, 6.45) is 0.879. The van der Waals surface area contributed by atoms with Gasteiger partial charge in [-0.05, 0) is 42.5 Å². The van der Waals surface area contributed by atoms with Crippen LogP contribution in [0.5, 0.6) is 0 Å². The minimum absolute atomic E-state index is 0.150. The molecular formula is C21H24N4O2S. The maximum absolute atomic E-state index is 12.6. The van der Waals surface area contributed by atoms with Crippen molar-refractivity contribution in [2.24, 2.45) is 0 Å². The number of carbonyl (C=O) groups is 1. The van der Waals surface area contributed by atoms with Gasteiger partial charge in [0.15, 0.2) is 0 Å². The lowest BCUT2D eigenvalue weighted by Crippen LogP contribution is -2.49. The Bertz CT molecular complexity index is 943. The van der Waals surface area contributed by atoms with E-state index in [0.717, 1.165) is 31.1 Å². The summed E-state index contributed by atoms with van der Waals surface area (Å²) in [6, 6.07) is 10.3. The van der Waals surface area contributed by atoms with Crippen LogP contribution in [0.25, 0.3) is 10.8 Å². The van der Waals surface area contributed by atoms with Crippen molar-refractivity contribution in [3.8, 4) is 10.8 Å². The Morgan fingerprint density at radius 1 is 1.11 bits per heavy atom. The molecular weight excluding hydrogens is 372 g/mol. The van der Waals surface area contributed by atoms with Gasteiger partial charge in [-0.1, -0.05) is 18.2 Å². The summed E-state index contributed by atoms with van der Waals surface area (Å²) < 4.78 is 5.67. The van der Waals surface area contributed by atoms with Crippen LogP contribution in [0, 0.1) is 13.8 Å². The number of hydrogen-bond donors (Lipinski definition) is 0. The molecule has 1 aliphatic rings. The number of aryl methyl sites for hydroxylation is 2. The van der Waals surface area contributed by atoms with Crippen molar-refractivity contribution in [2.45, 2.75) is 26.7 Å². The molecule has 28 heavy (non-hydrogen) atoms. The molecule has 0 aliphatic carbocycles. The van der Waals surface area contributed by atoms with Crippen LogP contribution in [0.4, 0.5) is 5.69 Å². The first-order chi connectivity index (χ1) is 13.6. The molecule has 3 heterocycles. The SMILES string of the molecule is Cc1cccc(N2CCN(C(=O)CCc3nnc(-c4cccs4)o3)CC2)c1C. The maximum Gasteiger partial charge on any atom is 0.257 e. The standard InChI is InChI=1S/C21H24N4O2S/c1-15-5-3-6-17(16(15)2)24-10-12-25(13-11-24)20(26)9-8-19-22-23-21(27-19)18-7-4-14-28-18/h3-7,14H,8-13H2,1-2H3. The molecule has 0 N–H and O–H groups in total. The van der Waals surface area contributed by atoms with E-state index in [2.05, 4.69) is 47.1 Å². The summed E-state index contributed by atoms with van der Waals surface area (Å²) in [6.45, 7) is 7.52. The van der Waals surface area contributed by atoms with Gasteiger partial charge in [0.05, 0.1) is 4.88 Å².